The molecule has 1 aromatic heterocycles. The quantitative estimate of drug-likeness (QED) is 0.227. The topological polar surface area (TPSA) is 114 Å². The standard InChI is InChI=1S/C27H28ClN3O6/c1-3-36-21-9-7-18(14-19(21)28)25(33)23-24(17-6-8-20(32)22(15-17)37-4-2)31(27(35)26(23)34)12-5-11-30-13-10-29-16-30/h6-10,13-16,24,32-33H,3-5,11-12H2,1-2H3/t24-/m0/s1. The van der Waals surface area contributed by atoms with E-state index >= 15 is 0 Å². The van der Waals surface area contributed by atoms with Crippen LogP contribution in [0.25, 0.3) is 5.76 Å². The molecular weight excluding hydrogens is 498 g/mol. The number of ketones is 1. The highest BCUT2D eigenvalue weighted by molar-refractivity contribution is 6.46. The Labute approximate surface area is 219 Å². The minimum Gasteiger partial charge on any atom is -0.507 e. The minimum absolute atomic E-state index is 0.0685. The number of aliphatic hydroxyl groups excluding tert-OH is 1. The number of carbonyl (C=O) groups excluding carboxylic acids is 2. The van der Waals surface area contributed by atoms with Gasteiger partial charge in [-0.15, -0.1) is 0 Å². The Balaban J connectivity index is 1.77. The number of imidazole rings is 1. The van der Waals surface area contributed by atoms with Crippen LogP contribution in [-0.4, -0.2) is 56.1 Å². The molecule has 1 atom stereocenters. The number of phenolic OH excluding ortho intramolecular Hbond substituents is 1. The van der Waals surface area contributed by atoms with Crippen molar-refractivity contribution in [2.24, 2.45) is 0 Å². The maximum absolute atomic E-state index is 13.3. The lowest BCUT2D eigenvalue weighted by Crippen LogP contribution is -2.31. The van der Waals surface area contributed by atoms with Gasteiger partial charge in [-0.25, -0.2) is 4.98 Å². The number of hydrogen-bond acceptors (Lipinski definition) is 7. The van der Waals surface area contributed by atoms with Crippen molar-refractivity contribution >= 4 is 29.1 Å². The Morgan fingerprint density at radius 3 is 2.49 bits per heavy atom. The van der Waals surface area contributed by atoms with E-state index in [2.05, 4.69) is 4.98 Å². The summed E-state index contributed by atoms with van der Waals surface area (Å²) in [7, 11) is 0. The molecule has 9 nitrogen and oxygen atoms in total. The Morgan fingerprint density at radius 1 is 1.05 bits per heavy atom. The number of aryl methyl sites for hydroxylation is 1. The molecule has 1 amide bonds. The fraction of sp³-hybridized carbons (Fsp3) is 0.296. The highest BCUT2D eigenvalue weighted by atomic mass is 35.5. The summed E-state index contributed by atoms with van der Waals surface area (Å²) in [6.45, 7) is 5.17. The molecule has 0 saturated carbocycles. The zero-order chi connectivity index (χ0) is 26.5. The molecule has 0 bridgehead atoms. The lowest BCUT2D eigenvalue weighted by Gasteiger charge is -2.26. The van der Waals surface area contributed by atoms with E-state index < -0.39 is 17.7 Å². The molecule has 194 valence electrons. The van der Waals surface area contributed by atoms with E-state index in [0.29, 0.717) is 37.5 Å². The molecule has 2 N–H and O–H groups in total. The van der Waals surface area contributed by atoms with Crippen molar-refractivity contribution < 1.29 is 29.3 Å². The van der Waals surface area contributed by atoms with Gasteiger partial charge in [-0.2, -0.15) is 0 Å². The lowest BCUT2D eigenvalue weighted by atomic mass is 9.95. The van der Waals surface area contributed by atoms with Gasteiger partial charge in [0.25, 0.3) is 11.7 Å². The Morgan fingerprint density at radius 2 is 1.81 bits per heavy atom. The molecule has 0 radical (unpaired) electrons. The van der Waals surface area contributed by atoms with Gasteiger partial charge in [-0.1, -0.05) is 17.7 Å². The van der Waals surface area contributed by atoms with Crippen molar-refractivity contribution in [2.75, 3.05) is 19.8 Å². The third-order valence-corrected chi connectivity index (χ3v) is 6.31. The van der Waals surface area contributed by atoms with Gasteiger partial charge in [0.1, 0.15) is 11.5 Å². The summed E-state index contributed by atoms with van der Waals surface area (Å²) in [4.78, 5) is 31.9. The molecule has 4 rings (SSSR count). The van der Waals surface area contributed by atoms with Gasteiger partial charge in [0.15, 0.2) is 11.5 Å². The average Bonchev–Trinajstić information content (AvgIpc) is 3.49. The largest absolute Gasteiger partial charge is 0.507 e. The van der Waals surface area contributed by atoms with E-state index in [1.165, 1.54) is 17.0 Å². The summed E-state index contributed by atoms with van der Waals surface area (Å²) >= 11 is 6.32. The molecule has 1 saturated heterocycles. The number of ether oxygens (including phenoxy) is 2. The van der Waals surface area contributed by atoms with E-state index in [1.54, 1.807) is 43.7 Å². The fourth-order valence-corrected chi connectivity index (χ4v) is 4.58. The first-order valence-corrected chi connectivity index (χ1v) is 12.4. The molecule has 3 aromatic rings. The van der Waals surface area contributed by atoms with Crippen LogP contribution in [0.15, 0.2) is 60.7 Å². The van der Waals surface area contributed by atoms with Crippen LogP contribution < -0.4 is 9.47 Å². The summed E-state index contributed by atoms with van der Waals surface area (Å²) in [5, 5.41) is 21.8. The van der Waals surface area contributed by atoms with Crippen LogP contribution in [0.3, 0.4) is 0 Å². The Bertz CT molecular complexity index is 1320. The maximum atomic E-state index is 13.3. The summed E-state index contributed by atoms with van der Waals surface area (Å²) in [5.41, 5.74) is 0.723. The third-order valence-electron chi connectivity index (χ3n) is 6.02. The van der Waals surface area contributed by atoms with Crippen LogP contribution in [0.2, 0.25) is 5.02 Å². The van der Waals surface area contributed by atoms with Crippen molar-refractivity contribution in [1.29, 1.82) is 0 Å². The van der Waals surface area contributed by atoms with Crippen LogP contribution in [-0.2, 0) is 16.1 Å². The molecule has 0 aliphatic carbocycles. The van der Waals surface area contributed by atoms with Gasteiger partial charge in [0, 0.05) is 31.0 Å². The molecule has 37 heavy (non-hydrogen) atoms. The second kappa shape index (κ2) is 11.4. The van der Waals surface area contributed by atoms with Crippen LogP contribution in [0.1, 0.15) is 37.4 Å². The monoisotopic (exact) mass is 525 g/mol. The van der Waals surface area contributed by atoms with Crippen molar-refractivity contribution in [3.8, 4) is 17.2 Å². The molecule has 2 aromatic carbocycles. The SMILES string of the molecule is CCOc1cc([C@H]2C(=C(O)c3ccc(OCC)c(Cl)c3)C(=O)C(=O)N2CCCn2ccnc2)ccc1O. The fourth-order valence-electron chi connectivity index (χ4n) is 4.35. The first kappa shape index (κ1) is 26.1. The van der Waals surface area contributed by atoms with Crippen molar-refractivity contribution in [3.63, 3.8) is 0 Å². The Hall–Kier alpha value is -3.98. The summed E-state index contributed by atoms with van der Waals surface area (Å²) < 4.78 is 12.9. The Kier molecular flexibility index (Phi) is 8.03. The zero-order valence-electron chi connectivity index (χ0n) is 20.6. The smallest absolute Gasteiger partial charge is 0.295 e. The van der Waals surface area contributed by atoms with Crippen molar-refractivity contribution in [3.05, 3.63) is 76.8 Å². The third kappa shape index (κ3) is 5.41. The summed E-state index contributed by atoms with van der Waals surface area (Å²) in [6, 6.07) is 8.41. The van der Waals surface area contributed by atoms with Gasteiger partial charge in [0.2, 0.25) is 0 Å². The van der Waals surface area contributed by atoms with Gasteiger partial charge in [-0.05, 0) is 56.2 Å². The van der Waals surface area contributed by atoms with E-state index in [4.69, 9.17) is 21.1 Å². The number of amides is 1. The highest BCUT2D eigenvalue weighted by Gasteiger charge is 2.46. The number of aromatic hydroxyl groups is 1. The zero-order valence-corrected chi connectivity index (χ0v) is 21.3. The molecule has 1 fully saturated rings. The lowest BCUT2D eigenvalue weighted by molar-refractivity contribution is -0.139. The first-order valence-electron chi connectivity index (χ1n) is 12.0. The van der Waals surface area contributed by atoms with E-state index in [1.807, 2.05) is 17.7 Å². The number of nitrogens with zero attached hydrogens (tertiary/aromatic N) is 3. The number of phenols is 1. The molecule has 0 unspecified atom stereocenters. The predicted molar refractivity (Wildman–Crippen MR) is 138 cm³/mol. The van der Waals surface area contributed by atoms with Crippen LogP contribution >= 0.6 is 11.6 Å². The van der Waals surface area contributed by atoms with Crippen molar-refractivity contribution in [1.82, 2.24) is 14.5 Å². The van der Waals surface area contributed by atoms with E-state index in [0.717, 1.165) is 0 Å². The van der Waals surface area contributed by atoms with Crippen LogP contribution in [0, 0.1) is 0 Å². The van der Waals surface area contributed by atoms with Crippen molar-refractivity contribution in [2.45, 2.75) is 32.9 Å². The van der Waals surface area contributed by atoms with E-state index in [9.17, 15) is 19.8 Å². The first-order chi connectivity index (χ1) is 17.8. The molecule has 1 aliphatic heterocycles. The van der Waals surface area contributed by atoms with E-state index in [-0.39, 0.29) is 40.0 Å². The van der Waals surface area contributed by atoms with Gasteiger partial charge >= 0.3 is 0 Å². The predicted octanol–water partition coefficient (Wildman–Crippen LogP) is 4.55. The molecule has 2 heterocycles. The summed E-state index contributed by atoms with van der Waals surface area (Å²) in [5.74, 6) is -1.29. The maximum Gasteiger partial charge on any atom is 0.295 e. The van der Waals surface area contributed by atoms with Crippen LogP contribution in [0.5, 0.6) is 17.2 Å². The highest BCUT2D eigenvalue weighted by Crippen LogP contribution is 2.42. The van der Waals surface area contributed by atoms with Gasteiger partial charge < -0.3 is 29.2 Å². The number of likely N-dealkylation sites (tertiary alicyclic amines) is 1. The number of halogens is 1. The normalized spacial score (nSPS) is 16.8. The molecule has 0 spiro atoms. The van der Waals surface area contributed by atoms with Crippen LogP contribution in [0.4, 0.5) is 0 Å². The van der Waals surface area contributed by atoms with Gasteiger partial charge in [0.05, 0.1) is 36.2 Å². The molecular formula is C27H28ClN3O6. The average molecular weight is 526 g/mol. The molecule has 10 heteroatoms. The number of benzene rings is 2. The number of carbonyl (C=O) groups is 2. The number of aromatic nitrogens is 2. The number of hydrogen-bond donors (Lipinski definition) is 2. The number of aliphatic hydroxyl groups is 1. The number of Topliss-reactive ketones (excluding diaryl/α,β-unsaturated/α-hetero) is 1. The number of rotatable bonds is 10. The van der Waals surface area contributed by atoms with Gasteiger partial charge in [-0.3, -0.25) is 9.59 Å². The minimum atomic E-state index is -0.895. The second-order valence-electron chi connectivity index (χ2n) is 8.38. The second-order valence-corrected chi connectivity index (χ2v) is 8.79. The molecule has 1 aliphatic rings. The summed E-state index contributed by atoms with van der Waals surface area (Å²) in [6.07, 6.45) is 5.70.